The maximum Gasteiger partial charge on any atom is 0.407 e. The van der Waals surface area contributed by atoms with Crippen LogP contribution in [-0.2, 0) is 19.2 Å². The summed E-state index contributed by atoms with van der Waals surface area (Å²) >= 11 is 0. The van der Waals surface area contributed by atoms with Crippen LogP contribution in [0, 0.1) is 5.92 Å². The molecule has 3 N–H and O–H groups in total. The molecule has 0 heterocycles. The molecule has 1 aliphatic rings. The highest BCUT2D eigenvalue weighted by Crippen LogP contribution is 2.44. The molecule has 0 spiro atoms. The SMILES string of the molecule is CC(C)CC(NC(=O)OCC1c2ccccc2-c2ccccc21)C(=O)NOC(C)C(=O)O. The van der Waals surface area contributed by atoms with E-state index in [1.165, 1.54) is 6.92 Å². The number of alkyl carbamates (subject to hydrolysis) is 1. The molecule has 0 aliphatic heterocycles. The summed E-state index contributed by atoms with van der Waals surface area (Å²) in [4.78, 5) is 40.6. The van der Waals surface area contributed by atoms with Gasteiger partial charge in [0, 0.05) is 5.92 Å². The molecule has 32 heavy (non-hydrogen) atoms. The summed E-state index contributed by atoms with van der Waals surface area (Å²) in [6.07, 6.45) is -1.60. The van der Waals surface area contributed by atoms with E-state index < -0.39 is 30.1 Å². The number of carbonyl (C=O) groups excluding carboxylic acids is 2. The van der Waals surface area contributed by atoms with E-state index in [0.29, 0.717) is 6.42 Å². The minimum absolute atomic E-state index is 0.0923. The second-order valence-electron chi connectivity index (χ2n) is 8.22. The van der Waals surface area contributed by atoms with E-state index in [2.05, 4.69) is 22.9 Å². The first-order chi connectivity index (χ1) is 15.3. The Bertz CT molecular complexity index is 944. The number of nitrogens with one attached hydrogen (secondary N) is 2. The largest absolute Gasteiger partial charge is 0.479 e. The van der Waals surface area contributed by atoms with Crippen LogP contribution in [0.5, 0.6) is 0 Å². The van der Waals surface area contributed by atoms with Crippen molar-refractivity contribution < 1.29 is 29.1 Å². The van der Waals surface area contributed by atoms with Gasteiger partial charge < -0.3 is 15.2 Å². The molecule has 0 aromatic heterocycles. The highest BCUT2D eigenvalue weighted by atomic mass is 16.7. The third kappa shape index (κ3) is 5.45. The highest BCUT2D eigenvalue weighted by Gasteiger charge is 2.30. The second-order valence-corrected chi connectivity index (χ2v) is 8.22. The number of hydroxylamine groups is 1. The standard InChI is InChI=1S/C24H28N2O6/c1-14(2)12-21(22(27)26-32-15(3)23(28)29)25-24(30)31-13-20-18-10-6-4-8-16(18)17-9-5-7-11-19(17)20/h4-11,14-15,20-21H,12-13H2,1-3H3,(H,25,30)(H,26,27)(H,28,29). The molecule has 2 aromatic rings. The predicted octanol–water partition coefficient (Wildman–Crippen LogP) is 3.46. The topological polar surface area (TPSA) is 114 Å². The van der Waals surface area contributed by atoms with Gasteiger partial charge in [-0.2, -0.15) is 0 Å². The molecule has 0 saturated carbocycles. The third-order valence-corrected chi connectivity index (χ3v) is 5.34. The van der Waals surface area contributed by atoms with Crippen molar-refractivity contribution in [1.82, 2.24) is 10.8 Å². The maximum atomic E-state index is 12.5. The van der Waals surface area contributed by atoms with Gasteiger partial charge in [0.05, 0.1) is 0 Å². The lowest BCUT2D eigenvalue weighted by Crippen LogP contribution is -2.48. The Labute approximate surface area is 186 Å². The first-order valence-electron chi connectivity index (χ1n) is 10.6. The number of ether oxygens (including phenoxy) is 1. The number of carboxylic acid groups (broad SMARTS) is 1. The van der Waals surface area contributed by atoms with Crippen LogP contribution >= 0.6 is 0 Å². The Morgan fingerprint density at radius 2 is 1.53 bits per heavy atom. The summed E-state index contributed by atoms with van der Waals surface area (Å²) in [5.74, 6) is -1.85. The normalized spacial score (nSPS) is 14.2. The van der Waals surface area contributed by atoms with Gasteiger partial charge in [-0.3, -0.25) is 9.63 Å². The van der Waals surface area contributed by atoms with Gasteiger partial charge in [0.25, 0.3) is 5.91 Å². The van der Waals surface area contributed by atoms with Crippen LogP contribution in [0.4, 0.5) is 4.79 Å². The number of carboxylic acids is 1. The maximum absolute atomic E-state index is 12.5. The lowest BCUT2D eigenvalue weighted by Gasteiger charge is -2.21. The summed E-state index contributed by atoms with van der Waals surface area (Å²) < 4.78 is 5.50. The van der Waals surface area contributed by atoms with E-state index in [1.807, 2.05) is 50.2 Å². The monoisotopic (exact) mass is 440 g/mol. The molecule has 2 atom stereocenters. The zero-order valence-electron chi connectivity index (χ0n) is 18.3. The molecule has 8 nitrogen and oxygen atoms in total. The van der Waals surface area contributed by atoms with Crippen molar-refractivity contribution in [2.24, 2.45) is 5.92 Å². The Morgan fingerprint density at radius 1 is 0.969 bits per heavy atom. The molecule has 2 amide bonds. The minimum Gasteiger partial charge on any atom is -0.479 e. The van der Waals surface area contributed by atoms with Gasteiger partial charge in [-0.05, 0) is 41.5 Å². The number of benzene rings is 2. The minimum atomic E-state index is -1.21. The summed E-state index contributed by atoms with van der Waals surface area (Å²) in [5.41, 5.74) is 6.54. The zero-order valence-corrected chi connectivity index (χ0v) is 18.3. The summed E-state index contributed by atoms with van der Waals surface area (Å²) in [5, 5.41) is 11.4. The predicted molar refractivity (Wildman–Crippen MR) is 118 cm³/mol. The second kappa shape index (κ2) is 10.3. The molecule has 170 valence electrons. The van der Waals surface area contributed by atoms with E-state index in [0.717, 1.165) is 22.3 Å². The molecule has 0 bridgehead atoms. The molecule has 2 aromatic carbocycles. The average Bonchev–Trinajstić information content (AvgIpc) is 3.08. The number of carbonyl (C=O) groups is 3. The van der Waals surface area contributed by atoms with Crippen LogP contribution in [-0.4, -0.2) is 41.8 Å². The van der Waals surface area contributed by atoms with E-state index in [-0.39, 0.29) is 18.4 Å². The molecule has 2 unspecified atom stereocenters. The van der Waals surface area contributed by atoms with Gasteiger partial charge in [-0.15, -0.1) is 0 Å². The van der Waals surface area contributed by atoms with Gasteiger partial charge in [0.1, 0.15) is 12.6 Å². The fraction of sp³-hybridized carbons (Fsp3) is 0.375. The number of hydrogen-bond acceptors (Lipinski definition) is 5. The Hall–Kier alpha value is -3.39. The molecular formula is C24H28N2O6. The Kier molecular flexibility index (Phi) is 7.48. The smallest absolute Gasteiger partial charge is 0.407 e. The Morgan fingerprint density at radius 3 is 2.06 bits per heavy atom. The van der Waals surface area contributed by atoms with Crippen LogP contribution in [0.3, 0.4) is 0 Å². The van der Waals surface area contributed by atoms with E-state index >= 15 is 0 Å². The fourth-order valence-electron chi connectivity index (χ4n) is 3.75. The van der Waals surface area contributed by atoms with Crippen molar-refractivity contribution in [1.29, 1.82) is 0 Å². The molecular weight excluding hydrogens is 412 g/mol. The van der Waals surface area contributed by atoms with E-state index in [4.69, 9.17) is 14.7 Å². The van der Waals surface area contributed by atoms with Gasteiger partial charge in [-0.25, -0.2) is 15.1 Å². The van der Waals surface area contributed by atoms with E-state index in [1.54, 1.807) is 0 Å². The van der Waals surface area contributed by atoms with Gasteiger partial charge >= 0.3 is 12.1 Å². The van der Waals surface area contributed by atoms with Gasteiger partial charge in [0.2, 0.25) is 0 Å². The molecule has 0 saturated heterocycles. The van der Waals surface area contributed by atoms with E-state index in [9.17, 15) is 14.4 Å². The quantitative estimate of drug-likeness (QED) is 0.515. The Balaban J connectivity index is 1.63. The van der Waals surface area contributed by atoms with Crippen molar-refractivity contribution in [3.63, 3.8) is 0 Å². The summed E-state index contributed by atoms with van der Waals surface area (Å²) in [6.45, 7) is 5.22. The number of amides is 2. The summed E-state index contributed by atoms with van der Waals surface area (Å²) in [7, 11) is 0. The van der Waals surface area contributed by atoms with Crippen LogP contribution in [0.25, 0.3) is 11.1 Å². The van der Waals surface area contributed by atoms with Crippen molar-refractivity contribution in [3.05, 3.63) is 59.7 Å². The van der Waals surface area contributed by atoms with Crippen molar-refractivity contribution in [2.75, 3.05) is 6.61 Å². The molecule has 0 fully saturated rings. The molecule has 1 aliphatic carbocycles. The van der Waals surface area contributed by atoms with Crippen molar-refractivity contribution in [3.8, 4) is 11.1 Å². The van der Waals surface area contributed by atoms with Crippen LogP contribution in [0.2, 0.25) is 0 Å². The number of fused-ring (bicyclic) bond motifs is 3. The zero-order chi connectivity index (χ0) is 23.3. The van der Waals surface area contributed by atoms with Gasteiger partial charge in [-0.1, -0.05) is 62.4 Å². The average molecular weight is 440 g/mol. The molecule has 0 radical (unpaired) electrons. The van der Waals surface area contributed by atoms with Crippen molar-refractivity contribution in [2.45, 2.75) is 45.3 Å². The third-order valence-electron chi connectivity index (χ3n) is 5.34. The van der Waals surface area contributed by atoms with Crippen LogP contribution < -0.4 is 10.8 Å². The lowest BCUT2D eigenvalue weighted by atomic mass is 9.98. The van der Waals surface area contributed by atoms with Crippen molar-refractivity contribution >= 4 is 18.0 Å². The highest BCUT2D eigenvalue weighted by molar-refractivity contribution is 5.85. The number of hydrogen-bond donors (Lipinski definition) is 3. The molecule has 8 heteroatoms. The fourth-order valence-corrected chi connectivity index (χ4v) is 3.75. The lowest BCUT2D eigenvalue weighted by molar-refractivity contribution is -0.159. The van der Waals surface area contributed by atoms with Crippen LogP contribution in [0.1, 0.15) is 44.2 Å². The van der Waals surface area contributed by atoms with Gasteiger partial charge in [0.15, 0.2) is 6.10 Å². The summed E-state index contributed by atoms with van der Waals surface area (Å²) in [6, 6.07) is 15.1. The van der Waals surface area contributed by atoms with Crippen LogP contribution in [0.15, 0.2) is 48.5 Å². The first kappa shape index (κ1) is 23.3. The first-order valence-corrected chi connectivity index (χ1v) is 10.6. The number of aliphatic carboxylic acids is 1. The molecule has 3 rings (SSSR count). The number of rotatable bonds is 9.